The molecule has 156 valence electrons. The first-order valence-corrected chi connectivity index (χ1v) is 10.4. The number of anilines is 1. The Bertz CT molecular complexity index is 1230. The lowest BCUT2D eigenvalue weighted by molar-refractivity contribution is 0.0722. The zero-order chi connectivity index (χ0) is 21.6. The Hall–Kier alpha value is -3.70. The second-order valence-corrected chi connectivity index (χ2v) is 7.35. The van der Waals surface area contributed by atoms with Crippen LogP contribution in [0.3, 0.4) is 0 Å². The summed E-state index contributed by atoms with van der Waals surface area (Å²) in [5.74, 6) is -0.0715. The van der Waals surface area contributed by atoms with E-state index in [9.17, 15) is 4.79 Å². The number of nitrogens with zero attached hydrogens (tertiary/aromatic N) is 2. The van der Waals surface area contributed by atoms with Gasteiger partial charge in [-0.3, -0.25) is 4.79 Å². The molecule has 0 saturated carbocycles. The van der Waals surface area contributed by atoms with Gasteiger partial charge in [0, 0.05) is 28.8 Å². The highest BCUT2D eigenvalue weighted by Gasteiger charge is 2.14. The van der Waals surface area contributed by atoms with Gasteiger partial charge in [0.1, 0.15) is 6.73 Å². The number of nitrogens with two attached hydrogens (primary N) is 1. The summed E-state index contributed by atoms with van der Waals surface area (Å²) in [5, 5.41) is 5.71. The summed E-state index contributed by atoms with van der Waals surface area (Å²) in [6.07, 6.45) is 4.96. The monoisotopic (exact) mass is 411 g/mol. The van der Waals surface area contributed by atoms with Gasteiger partial charge in [-0.25, -0.2) is 4.68 Å². The normalized spacial score (nSPS) is 11.4. The van der Waals surface area contributed by atoms with Crippen molar-refractivity contribution in [3.05, 3.63) is 95.2 Å². The maximum atomic E-state index is 13.0. The largest absolute Gasteiger partial charge is 0.399 e. The molecule has 0 aliphatic carbocycles. The Morgan fingerprint density at radius 2 is 1.81 bits per heavy atom. The van der Waals surface area contributed by atoms with E-state index in [0.29, 0.717) is 30.2 Å². The average molecular weight is 412 g/mol. The van der Waals surface area contributed by atoms with Crippen molar-refractivity contribution in [2.24, 2.45) is 0 Å². The van der Waals surface area contributed by atoms with Gasteiger partial charge in [-0.05, 0) is 42.3 Å². The standard InChI is InChI=1S/C26H25N3O2/c1-2-15-31-18-29-25-17-21(26(30)20-9-6-10-22(27)16-20)12-13-23(25)24(28-29)14-11-19-7-4-3-5-8-19/h3-14,16-17H,2,15,18,27H2,1H3/b14-11+. The first kappa shape index (κ1) is 20.6. The number of fused-ring (bicyclic) bond motifs is 1. The topological polar surface area (TPSA) is 70.1 Å². The number of rotatable bonds is 8. The highest BCUT2D eigenvalue weighted by molar-refractivity contribution is 6.11. The van der Waals surface area contributed by atoms with Gasteiger partial charge in [-0.15, -0.1) is 0 Å². The van der Waals surface area contributed by atoms with Gasteiger partial charge in [0.05, 0.1) is 11.2 Å². The van der Waals surface area contributed by atoms with Crippen molar-refractivity contribution in [3.8, 4) is 0 Å². The number of carbonyl (C=O) groups is 1. The Labute approximate surface area is 181 Å². The molecular formula is C26H25N3O2. The maximum absolute atomic E-state index is 13.0. The van der Waals surface area contributed by atoms with Crippen LogP contribution in [0, 0.1) is 0 Å². The van der Waals surface area contributed by atoms with Crippen LogP contribution in [-0.4, -0.2) is 22.2 Å². The zero-order valence-electron chi connectivity index (χ0n) is 17.5. The quantitative estimate of drug-likeness (QED) is 0.239. The average Bonchev–Trinajstić information content (AvgIpc) is 3.15. The number of ether oxygens (including phenoxy) is 1. The number of nitrogen functional groups attached to an aromatic ring is 1. The molecule has 5 nitrogen and oxygen atoms in total. The fourth-order valence-corrected chi connectivity index (χ4v) is 3.44. The molecule has 31 heavy (non-hydrogen) atoms. The molecule has 0 aliphatic heterocycles. The molecule has 0 aliphatic rings. The molecule has 5 heteroatoms. The smallest absolute Gasteiger partial charge is 0.193 e. The van der Waals surface area contributed by atoms with Gasteiger partial charge in [-0.1, -0.05) is 61.5 Å². The fraction of sp³-hybridized carbons (Fsp3) is 0.154. The number of hydrogen-bond donors (Lipinski definition) is 1. The summed E-state index contributed by atoms with van der Waals surface area (Å²) in [6.45, 7) is 3.05. The van der Waals surface area contributed by atoms with Crippen LogP contribution in [-0.2, 0) is 11.5 Å². The number of hydrogen-bond acceptors (Lipinski definition) is 4. The first-order valence-electron chi connectivity index (χ1n) is 10.4. The van der Waals surface area contributed by atoms with Gasteiger partial charge < -0.3 is 10.5 Å². The lowest BCUT2D eigenvalue weighted by Crippen LogP contribution is -2.06. The van der Waals surface area contributed by atoms with Crippen molar-refractivity contribution in [2.45, 2.75) is 20.1 Å². The molecule has 4 rings (SSSR count). The number of aromatic nitrogens is 2. The van der Waals surface area contributed by atoms with Gasteiger partial charge >= 0.3 is 0 Å². The van der Waals surface area contributed by atoms with Crippen LogP contribution in [0.2, 0.25) is 0 Å². The van der Waals surface area contributed by atoms with Crippen LogP contribution in [0.15, 0.2) is 72.8 Å². The van der Waals surface area contributed by atoms with E-state index in [1.165, 1.54) is 0 Å². The molecule has 0 atom stereocenters. The van der Waals surface area contributed by atoms with E-state index in [1.807, 2.05) is 65.4 Å². The van der Waals surface area contributed by atoms with Crippen molar-refractivity contribution < 1.29 is 9.53 Å². The third-order valence-corrected chi connectivity index (χ3v) is 4.99. The predicted molar refractivity (Wildman–Crippen MR) is 126 cm³/mol. The third kappa shape index (κ3) is 4.73. The van der Waals surface area contributed by atoms with Crippen molar-refractivity contribution in [1.29, 1.82) is 0 Å². The van der Waals surface area contributed by atoms with Gasteiger partial charge in [0.2, 0.25) is 0 Å². The lowest BCUT2D eigenvalue weighted by Gasteiger charge is -2.06. The van der Waals surface area contributed by atoms with Gasteiger partial charge in [0.25, 0.3) is 0 Å². The minimum atomic E-state index is -0.0715. The minimum absolute atomic E-state index is 0.0715. The molecule has 1 heterocycles. The molecule has 2 N–H and O–H groups in total. The van der Waals surface area contributed by atoms with E-state index in [4.69, 9.17) is 15.6 Å². The fourth-order valence-electron chi connectivity index (χ4n) is 3.44. The third-order valence-electron chi connectivity index (χ3n) is 4.99. The molecule has 0 spiro atoms. The summed E-state index contributed by atoms with van der Waals surface area (Å²) < 4.78 is 7.54. The maximum Gasteiger partial charge on any atom is 0.193 e. The molecule has 1 aromatic heterocycles. The number of ketones is 1. The van der Waals surface area contributed by atoms with Gasteiger partial charge in [0.15, 0.2) is 5.78 Å². The number of benzene rings is 3. The molecule has 0 unspecified atom stereocenters. The van der Waals surface area contributed by atoms with E-state index in [1.54, 1.807) is 24.3 Å². The minimum Gasteiger partial charge on any atom is -0.399 e. The van der Waals surface area contributed by atoms with Crippen LogP contribution in [0.25, 0.3) is 23.1 Å². The van der Waals surface area contributed by atoms with E-state index < -0.39 is 0 Å². The molecule has 0 amide bonds. The summed E-state index contributed by atoms with van der Waals surface area (Å²) in [5.41, 5.74) is 10.4. The number of carbonyl (C=O) groups excluding carboxylic acids is 1. The second kappa shape index (κ2) is 9.41. The Morgan fingerprint density at radius 1 is 1.00 bits per heavy atom. The molecule has 0 saturated heterocycles. The van der Waals surface area contributed by atoms with Crippen LogP contribution in [0.1, 0.15) is 40.5 Å². The molecule has 0 bridgehead atoms. The van der Waals surface area contributed by atoms with Crippen molar-refractivity contribution >= 4 is 34.5 Å². The van der Waals surface area contributed by atoms with Crippen molar-refractivity contribution in [3.63, 3.8) is 0 Å². The summed E-state index contributed by atoms with van der Waals surface area (Å²) in [6, 6.07) is 22.8. The Kier molecular flexibility index (Phi) is 6.24. The molecule has 0 radical (unpaired) electrons. The zero-order valence-corrected chi connectivity index (χ0v) is 17.5. The summed E-state index contributed by atoms with van der Waals surface area (Å²) in [7, 11) is 0. The molecule has 4 aromatic rings. The second-order valence-electron chi connectivity index (χ2n) is 7.35. The van der Waals surface area contributed by atoms with Gasteiger partial charge in [-0.2, -0.15) is 5.10 Å². The van der Waals surface area contributed by atoms with Crippen molar-refractivity contribution in [2.75, 3.05) is 12.3 Å². The Morgan fingerprint density at radius 3 is 2.58 bits per heavy atom. The predicted octanol–water partition coefficient (Wildman–Crippen LogP) is 5.40. The Balaban J connectivity index is 1.72. The van der Waals surface area contributed by atoms with Crippen LogP contribution >= 0.6 is 0 Å². The highest BCUT2D eigenvalue weighted by Crippen LogP contribution is 2.24. The lowest BCUT2D eigenvalue weighted by atomic mass is 10.0. The van der Waals surface area contributed by atoms with E-state index >= 15 is 0 Å². The molecular weight excluding hydrogens is 386 g/mol. The van der Waals surface area contributed by atoms with E-state index in [2.05, 4.69) is 6.92 Å². The van der Waals surface area contributed by atoms with Crippen LogP contribution in [0.4, 0.5) is 5.69 Å². The van der Waals surface area contributed by atoms with Crippen LogP contribution in [0.5, 0.6) is 0 Å². The summed E-state index contributed by atoms with van der Waals surface area (Å²) >= 11 is 0. The molecule has 0 fully saturated rings. The summed E-state index contributed by atoms with van der Waals surface area (Å²) in [4.78, 5) is 13.0. The van der Waals surface area contributed by atoms with Crippen molar-refractivity contribution in [1.82, 2.24) is 9.78 Å². The highest BCUT2D eigenvalue weighted by atomic mass is 16.5. The van der Waals surface area contributed by atoms with Crippen LogP contribution < -0.4 is 5.73 Å². The van der Waals surface area contributed by atoms with E-state index in [0.717, 1.165) is 28.6 Å². The van der Waals surface area contributed by atoms with E-state index in [-0.39, 0.29) is 5.78 Å². The first-order chi connectivity index (χ1) is 15.2. The SMILES string of the molecule is CCCOCn1nc(/C=C/c2ccccc2)c2ccc(C(=O)c3cccc(N)c3)cc21. The molecule has 3 aromatic carbocycles.